The molecule has 2 fully saturated rings. The van der Waals surface area contributed by atoms with Crippen LogP contribution in [0.1, 0.15) is 87.3 Å². The summed E-state index contributed by atoms with van der Waals surface area (Å²) in [6.07, 6.45) is 2.45. The fraction of sp³-hybridized carbons (Fsp3) is 0.633. The lowest BCUT2D eigenvalue weighted by atomic mass is 9.89. The van der Waals surface area contributed by atoms with Crippen molar-refractivity contribution in [3.05, 3.63) is 41.1 Å². The molecule has 1 N–H and O–H groups in total. The van der Waals surface area contributed by atoms with Gasteiger partial charge in [-0.1, -0.05) is 46.1 Å². The molecular weight excluding hydrogens is 525 g/mol. The number of nitrogens with one attached hydrogen (secondary N) is 1. The Bertz CT molecular complexity index is 1190. The van der Waals surface area contributed by atoms with E-state index < -0.39 is 22.5 Å². The third-order valence-electron chi connectivity index (χ3n) is 7.72. The minimum absolute atomic E-state index is 0.0182. The molecule has 0 spiro atoms. The van der Waals surface area contributed by atoms with E-state index in [-0.39, 0.29) is 28.0 Å². The fourth-order valence-electron chi connectivity index (χ4n) is 5.66. The van der Waals surface area contributed by atoms with Crippen LogP contribution in [0.15, 0.2) is 29.2 Å². The molecule has 0 bridgehead atoms. The van der Waals surface area contributed by atoms with Crippen molar-refractivity contribution in [2.75, 3.05) is 19.0 Å². The number of carbonyl (C=O) groups excluding carboxylic acids is 1. The van der Waals surface area contributed by atoms with Crippen LogP contribution in [0, 0.1) is 18.3 Å². The summed E-state index contributed by atoms with van der Waals surface area (Å²) in [4.78, 5) is 13.1. The Labute approximate surface area is 232 Å². The highest BCUT2D eigenvalue weighted by molar-refractivity contribution is 7.85. The lowest BCUT2D eigenvalue weighted by Gasteiger charge is -2.25. The van der Waals surface area contributed by atoms with Crippen LogP contribution in [0.3, 0.4) is 0 Å². The van der Waals surface area contributed by atoms with E-state index >= 15 is 0 Å². The third kappa shape index (κ3) is 7.54. The highest BCUT2D eigenvalue weighted by atomic mass is 32.2. The van der Waals surface area contributed by atoms with E-state index in [9.17, 15) is 22.2 Å². The minimum Gasteiger partial charge on any atom is -0.381 e. The normalized spacial score (nSPS) is 18.7. The number of aromatic nitrogens is 1. The summed E-state index contributed by atoms with van der Waals surface area (Å²) in [6, 6.07) is 5.84. The Morgan fingerprint density at radius 2 is 1.72 bits per heavy atom. The van der Waals surface area contributed by atoms with Gasteiger partial charge in [-0.05, 0) is 67.7 Å². The molecule has 39 heavy (non-hydrogen) atoms. The third-order valence-corrected chi connectivity index (χ3v) is 9.70. The number of amides is 1. The van der Waals surface area contributed by atoms with Gasteiger partial charge in [0.1, 0.15) is 0 Å². The van der Waals surface area contributed by atoms with Crippen molar-refractivity contribution in [1.29, 1.82) is 0 Å². The van der Waals surface area contributed by atoms with Crippen LogP contribution in [0.5, 0.6) is 0 Å². The van der Waals surface area contributed by atoms with Crippen LogP contribution in [-0.2, 0) is 28.3 Å². The van der Waals surface area contributed by atoms with Crippen LogP contribution < -0.4 is 5.32 Å². The first-order valence-electron chi connectivity index (χ1n) is 14.0. The molecule has 1 atom stereocenters. The van der Waals surface area contributed by atoms with Crippen molar-refractivity contribution < 1.29 is 26.9 Å². The van der Waals surface area contributed by atoms with Gasteiger partial charge in [0.05, 0.1) is 26.8 Å². The summed E-state index contributed by atoms with van der Waals surface area (Å²) in [7, 11) is -1.80. The van der Waals surface area contributed by atoms with Crippen LogP contribution in [0.25, 0.3) is 11.3 Å². The largest absolute Gasteiger partial charge is 0.417 e. The van der Waals surface area contributed by atoms with E-state index in [4.69, 9.17) is 4.74 Å². The van der Waals surface area contributed by atoms with Crippen LogP contribution in [0.2, 0.25) is 0 Å². The molecule has 1 aromatic carbocycles. The summed E-state index contributed by atoms with van der Waals surface area (Å²) < 4.78 is 63.2. The Kier molecular flexibility index (Phi) is 9.31. The predicted molar refractivity (Wildman–Crippen MR) is 148 cm³/mol. The van der Waals surface area contributed by atoms with E-state index in [2.05, 4.69) is 5.32 Å². The molecule has 216 valence electrons. The SMILES string of the molecule is Cc1c(C(=O)NC2CCOCC2)cc(-c2ccc(S(=O)CC(C)(C)C)c(C(F)(F)F)c2)n1CC1CCCCC1. The smallest absolute Gasteiger partial charge is 0.381 e. The Morgan fingerprint density at radius 3 is 2.33 bits per heavy atom. The van der Waals surface area contributed by atoms with Crippen molar-refractivity contribution in [3.63, 3.8) is 0 Å². The van der Waals surface area contributed by atoms with Gasteiger partial charge in [-0.3, -0.25) is 9.00 Å². The molecule has 1 aliphatic carbocycles. The summed E-state index contributed by atoms with van der Waals surface area (Å²) in [5.41, 5.74) is 0.955. The molecule has 2 aromatic rings. The zero-order valence-electron chi connectivity index (χ0n) is 23.5. The van der Waals surface area contributed by atoms with Gasteiger partial charge in [0.2, 0.25) is 0 Å². The quantitative estimate of drug-likeness (QED) is 0.388. The maximum atomic E-state index is 14.3. The molecule has 9 heteroatoms. The second kappa shape index (κ2) is 12.2. The fourth-order valence-corrected chi connectivity index (χ4v) is 7.24. The van der Waals surface area contributed by atoms with Crippen LogP contribution in [0.4, 0.5) is 13.2 Å². The molecule has 2 aliphatic rings. The first-order valence-corrected chi connectivity index (χ1v) is 15.3. The number of halogens is 3. The number of benzene rings is 1. The van der Waals surface area contributed by atoms with Crippen molar-refractivity contribution in [2.45, 2.75) is 96.3 Å². The predicted octanol–water partition coefficient (Wildman–Crippen LogP) is 7.13. The summed E-state index contributed by atoms with van der Waals surface area (Å²) >= 11 is 0. The van der Waals surface area contributed by atoms with Gasteiger partial charge in [0.25, 0.3) is 5.91 Å². The van der Waals surface area contributed by atoms with E-state index in [1.807, 2.05) is 32.3 Å². The topological polar surface area (TPSA) is 60.3 Å². The maximum absolute atomic E-state index is 14.3. The zero-order valence-corrected chi connectivity index (χ0v) is 24.3. The summed E-state index contributed by atoms with van der Waals surface area (Å²) in [5, 5.41) is 3.10. The monoisotopic (exact) mass is 566 g/mol. The molecule has 1 aromatic heterocycles. The number of ether oxygens (including phenoxy) is 1. The average molecular weight is 567 g/mol. The van der Waals surface area contributed by atoms with Gasteiger partial charge in [0, 0.05) is 42.9 Å². The first kappa shape index (κ1) is 29.8. The van der Waals surface area contributed by atoms with Crippen LogP contribution in [-0.4, -0.2) is 39.7 Å². The van der Waals surface area contributed by atoms with Gasteiger partial charge in [-0.2, -0.15) is 13.2 Å². The molecule has 1 saturated carbocycles. The van der Waals surface area contributed by atoms with Crippen molar-refractivity contribution in [1.82, 2.24) is 9.88 Å². The van der Waals surface area contributed by atoms with Crippen LogP contribution >= 0.6 is 0 Å². The molecule has 4 rings (SSSR count). The van der Waals surface area contributed by atoms with Gasteiger partial charge in [-0.25, -0.2) is 0 Å². The Hall–Kier alpha value is -2.13. The summed E-state index contributed by atoms with van der Waals surface area (Å²) in [6.45, 7) is 9.32. The number of nitrogens with zero attached hydrogens (tertiary/aromatic N) is 1. The number of hydrogen-bond donors (Lipinski definition) is 1. The molecule has 1 aliphatic heterocycles. The lowest BCUT2D eigenvalue weighted by molar-refractivity contribution is -0.139. The Balaban J connectivity index is 1.75. The van der Waals surface area contributed by atoms with E-state index in [1.54, 1.807) is 12.1 Å². The number of alkyl halides is 3. The van der Waals surface area contributed by atoms with Crippen molar-refractivity contribution in [2.24, 2.45) is 11.3 Å². The van der Waals surface area contributed by atoms with E-state index in [0.29, 0.717) is 42.5 Å². The molecular formula is C30H41F3N2O3S. The minimum atomic E-state index is -4.65. The average Bonchev–Trinajstić information content (AvgIpc) is 3.19. The van der Waals surface area contributed by atoms with Gasteiger partial charge >= 0.3 is 6.18 Å². The molecule has 1 saturated heterocycles. The number of carbonyl (C=O) groups is 1. The lowest BCUT2D eigenvalue weighted by Crippen LogP contribution is -2.39. The molecule has 1 amide bonds. The van der Waals surface area contributed by atoms with Gasteiger partial charge in [0.15, 0.2) is 0 Å². The van der Waals surface area contributed by atoms with E-state index in [1.165, 1.54) is 12.5 Å². The van der Waals surface area contributed by atoms with Gasteiger partial charge in [-0.15, -0.1) is 0 Å². The second-order valence-electron chi connectivity index (χ2n) is 12.3. The zero-order chi connectivity index (χ0) is 28.4. The highest BCUT2D eigenvalue weighted by Gasteiger charge is 2.36. The molecule has 1 unspecified atom stereocenters. The van der Waals surface area contributed by atoms with Crippen molar-refractivity contribution in [3.8, 4) is 11.3 Å². The number of rotatable bonds is 7. The van der Waals surface area contributed by atoms with E-state index in [0.717, 1.165) is 50.3 Å². The maximum Gasteiger partial charge on any atom is 0.417 e. The molecule has 0 radical (unpaired) electrons. The standard InChI is InChI=1S/C30H41F3N2O3S/c1-20-24(28(36)34-23-12-14-38-15-13-23)17-26(35(20)18-21-8-6-5-7-9-21)22-10-11-27(25(16-22)30(31,32)33)39(37)19-29(2,3)4/h10-11,16-17,21,23H,5-9,12-15,18-19H2,1-4H3,(H,34,36). The molecule has 2 heterocycles. The van der Waals surface area contributed by atoms with Crippen molar-refractivity contribution >= 4 is 16.7 Å². The second-order valence-corrected chi connectivity index (χ2v) is 13.7. The highest BCUT2D eigenvalue weighted by Crippen LogP contribution is 2.39. The molecule has 5 nitrogen and oxygen atoms in total. The first-order chi connectivity index (χ1) is 18.3. The Morgan fingerprint density at radius 1 is 1.05 bits per heavy atom. The van der Waals surface area contributed by atoms with Gasteiger partial charge < -0.3 is 14.6 Å². The number of hydrogen-bond acceptors (Lipinski definition) is 3. The summed E-state index contributed by atoms with van der Waals surface area (Å²) in [5.74, 6) is 0.334.